The molecule has 1 amide bonds. The number of ether oxygens (including phenoxy) is 1. The summed E-state index contributed by atoms with van der Waals surface area (Å²) in [4.78, 5) is 27.9. The molecule has 0 saturated heterocycles. The lowest BCUT2D eigenvalue weighted by Gasteiger charge is -2.22. The molecule has 0 aromatic heterocycles. The van der Waals surface area contributed by atoms with Crippen molar-refractivity contribution in [1.82, 2.24) is 0 Å². The number of carbonyl (C=O) groups is 2. The van der Waals surface area contributed by atoms with Gasteiger partial charge in [-0.25, -0.2) is 4.79 Å². The van der Waals surface area contributed by atoms with Crippen molar-refractivity contribution in [1.29, 1.82) is 0 Å². The molecule has 0 atom stereocenters. The molecule has 0 bridgehead atoms. The topological polar surface area (TPSA) is 55.8 Å². The van der Waals surface area contributed by atoms with Gasteiger partial charge in [-0.15, -0.1) is 5.06 Å². The van der Waals surface area contributed by atoms with Crippen LogP contribution in [-0.4, -0.2) is 19.5 Å². The van der Waals surface area contributed by atoms with Crippen molar-refractivity contribution in [3.05, 3.63) is 22.7 Å². The summed E-state index contributed by atoms with van der Waals surface area (Å²) < 4.78 is 5.86. The van der Waals surface area contributed by atoms with E-state index in [-0.39, 0.29) is 0 Å². The molecule has 1 aromatic rings. The van der Waals surface area contributed by atoms with Crippen LogP contribution in [0.25, 0.3) is 0 Å². The Hall–Kier alpha value is -1.56. The van der Waals surface area contributed by atoms with E-state index >= 15 is 0 Å². The van der Waals surface area contributed by atoms with E-state index in [0.29, 0.717) is 17.8 Å². The zero-order valence-corrected chi connectivity index (χ0v) is 12.9. The van der Waals surface area contributed by atoms with E-state index in [1.165, 1.54) is 7.11 Å². The fourth-order valence-electron chi connectivity index (χ4n) is 1.15. The van der Waals surface area contributed by atoms with E-state index in [0.717, 1.165) is 9.54 Å². The zero-order chi connectivity index (χ0) is 14.6. The van der Waals surface area contributed by atoms with E-state index in [9.17, 15) is 9.59 Å². The first-order valence-electron chi connectivity index (χ1n) is 5.60. The van der Waals surface area contributed by atoms with Gasteiger partial charge in [0.1, 0.15) is 5.75 Å². The number of amides is 1. The fourth-order valence-corrected chi connectivity index (χ4v) is 1.56. The molecule has 0 saturated carbocycles. The summed E-state index contributed by atoms with van der Waals surface area (Å²) >= 11 is 3.30. The molecule has 0 N–H and O–H groups in total. The molecule has 0 aliphatic heterocycles. The first-order chi connectivity index (χ1) is 8.79. The fraction of sp³-hybridized carbons (Fsp3) is 0.385. The third kappa shape index (κ3) is 3.96. The van der Waals surface area contributed by atoms with Crippen molar-refractivity contribution in [2.45, 2.75) is 20.8 Å². The van der Waals surface area contributed by atoms with Crippen LogP contribution in [0.2, 0.25) is 0 Å². The predicted octanol–water partition coefficient (Wildman–Crippen LogP) is 2.92. The third-order valence-electron chi connectivity index (χ3n) is 2.28. The Bertz CT molecular complexity index is 482. The summed E-state index contributed by atoms with van der Waals surface area (Å²) in [5, 5.41) is 0.878. The average Bonchev–Trinajstić information content (AvgIpc) is 2.35. The number of carbonyl (C=O) groups excluding carboxylic acids is 2. The number of hydrogen-bond acceptors (Lipinski definition) is 4. The maximum absolute atomic E-state index is 11.8. The monoisotopic (exact) mass is 329 g/mol. The number of hydrogen-bond donors (Lipinski definition) is 0. The van der Waals surface area contributed by atoms with Gasteiger partial charge in [0.15, 0.2) is 0 Å². The Morgan fingerprint density at radius 1 is 1.37 bits per heavy atom. The quantitative estimate of drug-likeness (QED) is 0.629. The minimum absolute atomic E-state index is 0.410. The number of halogens is 1. The largest absolute Gasteiger partial charge is 0.495 e. The van der Waals surface area contributed by atoms with Crippen molar-refractivity contribution in [3.63, 3.8) is 0 Å². The second kappa shape index (κ2) is 6.06. The van der Waals surface area contributed by atoms with Gasteiger partial charge in [0.25, 0.3) is 0 Å². The second-order valence-corrected chi connectivity index (χ2v) is 5.73. The van der Waals surface area contributed by atoms with Crippen LogP contribution in [0, 0.1) is 5.41 Å². The van der Waals surface area contributed by atoms with Crippen molar-refractivity contribution in [3.8, 4) is 5.75 Å². The van der Waals surface area contributed by atoms with Crippen LogP contribution in [0.4, 0.5) is 5.69 Å². The Morgan fingerprint density at radius 2 is 2.00 bits per heavy atom. The highest BCUT2D eigenvalue weighted by molar-refractivity contribution is 9.10. The number of benzene rings is 1. The molecule has 0 radical (unpaired) electrons. The summed E-state index contributed by atoms with van der Waals surface area (Å²) in [5.74, 6) is 0.0395. The SMILES string of the molecule is COc1cc(N(C=O)OC(=O)C(C)(C)C)ccc1Br. The van der Waals surface area contributed by atoms with Crippen LogP contribution < -0.4 is 9.80 Å². The van der Waals surface area contributed by atoms with Gasteiger partial charge in [0.2, 0.25) is 6.41 Å². The van der Waals surface area contributed by atoms with Crippen LogP contribution in [0.15, 0.2) is 22.7 Å². The summed E-state index contributed by atoms with van der Waals surface area (Å²) in [7, 11) is 1.51. The molecular formula is C13H16BrNO4. The third-order valence-corrected chi connectivity index (χ3v) is 2.93. The molecule has 0 fully saturated rings. The lowest BCUT2D eigenvalue weighted by molar-refractivity contribution is -0.156. The van der Waals surface area contributed by atoms with Crippen LogP contribution in [0.5, 0.6) is 5.75 Å². The number of rotatable bonds is 4. The van der Waals surface area contributed by atoms with Gasteiger partial charge in [0, 0.05) is 6.07 Å². The lowest BCUT2D eigenvalue weighted by atomic mass is 9.98. The maximum Gasteiger partial charge on any atom is 0.338 e. The van der Waals surface area contributed by atoms with E-state index in [1.807, 2.05) is 0 Å². The lowest BCUT2D eigenvalue weighted by Crippen LogP contribution is -2.32. The molecule has 0 aliphatic rings. The van der Waals surface area contributed by atoms with E-state index < -0.39 is 11.4 Å². The molecule has 1 rings (SSSR count). The number of hydroxylamine groups is 1. The van der Waals surface area contributed by atoms with Crippen LogP contribution in [0.3, 0.4) is 0 Å². The van der Waals surface area contributed by atoms with Gasteiger partial charge in [-0.3, -0.25) is 4.79 Å². The molecule has 5 nitrogen and oxygen atoms in total. The van der Waals surface area contributed by atoms with Crippen LogP contribution in [0.1, 0.15) is 20.8 Å². The average molecular weight is 330 g/mol. The summed E-state index contributed by atoms with van der Waals surface area (Å²) in [6.07, 6.45) is 0.437. The summed E-state index contributed by atoms with van der Waals surface area (Å²) in [6.45, 7) is 5.13. The second-order valence-electron chi connectivity index (χ2n) is 4.88. The minimum Gasteiger partial charge on any atom is -0.495 e. The van der Waals surface area contributed by atoms with Crippen LogP contribution >= 0.6 is 15.9 Å². The van der Waals surface area contributed by atoms with Gasteiger partial charge < -0.3 is 9.57 Å². The number of anilines is 1. The van der Waals surface area contributed by atoms with Crippen molar-refractivity contribution >= 4 is 34.0 Å². The maximum atomic E-state index is 11.8. The molecular weight excluding hydrogens is 314 g/mol. The summed E-state index contributed by atoms with van der Waals surface area (Å²) in [5.41, 5.74) is -0.284. The molecule has 0 unspecified atom stereocenters. The standard InChI is InChI=1S/C13H16BrNO4/c1-13(2,3)12(17)19-15(8-16)9-5-6-10(14)11(7-9)18-4/h5-8H,1-4H3. The van der Waals surface area contributed by atoms with Gasteiger partial charge in [-0.2, -0.15) is 0 Å². The van der Waals surface area contributed by atoms with E-state index in [4.69, 9.17) is 9.57 Å². The zero-order valence-electron chi connectivity index (χ0n) is 11.3. The predicted molar refractivity (Wildman–Crippen MR) is 74.8 cm³/mol. The molecule has 19 heavy (non-hydrogen) atoms. The number of nitrogens with zero attached hydrogens (tertiary/aromatic N) is 1. The molecule has 104 valence electrons. The Kier molecular flexibility index (Phi) is 4.94. The number of methoxy groups -OCH3 is 1. The van der Waals surface area contributed by atoms with Gasteiger partial charge >= 0.3 is 5.97 Å². The Morgan fingerprint density at radius 3 is 2.47 bits per heavy atom. The Balaban J connectivity index is 2.98. The van der Waals surface area contributed by atoms with Gasteiger partial charge in [0.05, 0.1) is 22.7 Å². The highest BCUT2D eigenvalue weighted by Gasteiger charge is 2.26. The van der Waals surface area contributed by atoms with Crippen molar-refractivity contribution in [2.75, 3.05) is 12.2 Å². The normalized spacial score (nSPS) is 10.8. The van der Waals surface area contributed by atoms with Crippen molar-refractivity contribution in [2.24, 2.45) is 5.41 Å². The molecule has 0 aliphatic carbocycles. The van der Waals surface area contributed by atoms with Gasteiger partial charge in [-0.05, 0) is 48.8 Å². The first-order valence-corrected chi connectivity index (χ1v) is 6.39. The van der Waals surface area contributed by atoms with E-state index in [2.05, 4.69) is 15.9 Å². The molecule has 0 heterocycles. The Labute approximate surface area is 120 Å². The summed E-state index contributed by atoms with van der Waals surface area (Å²) in [6, 6.07) is 4.93. The molecule has 0 spiro atoms. The minimum atomic E-state index is -0.694. The first kappa shape index (κ1) is 15.5. The smallest absolute Gasteiger partial charge is 0.338 e. The van der Waals surface area contributed by atoms with Crippen molar-refractivity contribution < 1.29 is 19.2 Å². The van der Waals surface area contributed by atoms with Crippen LogP contribution in [-0.2, 0) is 14.4 Å². The van der Waals surface area contributed by atoms with E-state index in [1.54, 1.807) is 39.0 Å². The molecule has 6 heteroatoms. The highest BCUT2D eigenvalue weighted by atomic mass is 79.9. The van der Waals surface area contributed by atoms with Gasteiger partial charge in [-0.1, -0.05) is 0 Å². The highest BCUT2D eigenvalue weighted by Crippen LogP contribution is 2.30. The molecule has 1 aromatic carbocycles.